The summed E-state index contributed by atoms with van der Waals surface area (Å²) in [6.45, 7) is 3.79. The molecule has 3 rings (SSSR count). The molecule has 1 aliphatic rings. The average molecular weight is 324 g/mol. The van der Waals surface area contributed by atoms with Crippen molar-refractivity contribution in [3.8, 4) is 0 Å². The smallest absolute Gasteiger partial charge is 0.0518 e. The molecule has 0 aromatic heterocycles. The topological polar surface area (TPSA) is 44.3 Å². The van der Waals surface area contributed by atoms with Crippen LogP contribution in [0.25, 0.3) is 0 Å². The third kappa shape index (κ3) is 4.37. The number of para-hydroxylation sites is 1. The van der Waals surface area contributed by atoms with Gasteiger partial charge in [-0.3, -0.25) is 0 Å². The number of rotatable bonds is 6. The maximum atomic E-state index is 9.89. The van der Waals surface area contributed by atoms with Crippen LogP contribution >= 0.6 is 0 Å². The van der Waals surface area contributed by atoms with Gasteiger partial charge in [0, 0.05) is 24.8 Å². The maximum Gasteiger partial charge on any atom is 0.0518 e. The molecule has 1 aliphatic heterocycles. The Labute approximate surface area is 145 Å². The van der Waals surface area contributed by atoms with Crippen LogP contribution in [0.15, 0.2) is 54.6 Å². The first-order chi connectivity index (χ1) is 11.7. The maximum absolute atomic E-state index is 9.89. The van der Waals surface area contributed by atoms with Gasteiger partial charge in [-0.25, -0.2) is 0 Å². The number of hydrogen-bond donors (Lipinski definition) is 3. The minimum atomic E-state index is -0.292. The summed E-state index contributed by atoms with van der Waals surface area (Å²) in [6, 6.07) is 19.5. The first kappa shape index (κ1) is 17.0. The summed E-state index contributed by atoms with van der Waals surface area (Å²) in [7, 11) is 0. The van der Waals surface area contributed by atoms with Crippen LogP contribution in [-0.4, -0.2) is 24.3 Å². The minimum absolute atomic E-state index is 0.292. The molecule has 0 saturated heterocycles. The molecule has 0 spiro atoms. The molecule has 0 fully saturated rings. The van der Waals surface area contributed by atoms with Crippen LogP contribution in [0.1, 0.15) is 49.3 Å². The molecule has 3 atom stereocenters. The monoisotopic (exact) mass is 324 g/mol. The number of aliphatic hydroxyl groups is 1. The SMILES string of the molecule is C[C@H](O)C[C@@H](CN[C@@H]1CCCNc2ccccc21)c1ccccc1. The molecule has 0 bridgehead atoms. The molecule has 2 aromatic carbocycles. The molecule has 0 saturated carbocycles. The zero-order chi connectivity index (χ0) is 16.8. The Morgan fingerprint density at radius 2 is 1.88 bits per heavy atom. The van der Waals surface area contributed by atoms with Crippen LogP contribution in [-0.2, 0) is 0 Å². The van der Waals surface area contributed by atoms with E-state index >= 15 is 0 Å². The van der Waals surface area contributed by atoms with E-state index in [0.29, 0.717) is 12.0 Å². The van der Waals surface area contributed by atoms with Crippen LogP contribution < -0.4 is 10.6 Å². The number of anilines is 1. The molecule has 0 radical (unpaired) electrons. The number of benzene rings is 2. The zero-order valence-electron chi connectivity index (χ0n) is 14.4. The van der Waals surface area contributed by atoms with E-state index in [4.69, 9.17) is 0 Å². The van der Waals surface area contributed by atoms with Crippen molar-refractivity contribution in [2.45, 2.75) is 44.2 Å². The summed E-state index contributed by atoms with van der Waals surface area (Å²) >= 11 is 0. The highest BCUT2D eigenvalue weighted by molar-refractivity contribution is 5.53. The standard InChI is InChI=1S/C21H28N2O/c1-16(24)14-18(17-8-3-2-4-9-17)15-23-21-12-7-13-22-20-11-6-5-10-19(20)21/h2-6,8-11,16,18,21-24H,7,12-15H2,1H3/t16-,18-,21+/m0/s1. The van der Waals surface area contributed by atoms with E-state index in [9.17, 15) is 5.11 Å². The Balaban J connectivity index is 1.72. The molecule has 3 heteroatoms. The van der Waals surface area contributed by atoms with Gasteiger partial charge in [-0.1, -0.05) is 48.5 Å². The summed E-state index contributed by atoms with van der Waals surface area (Å²) in [6.07, 6.45) is 2.79. The fourth-order valence-corrected chi connectivity index (χ4v) is 3.62. The van der Waals surface area contributed by atoms with Crippen molar-refractivity contribution in [2.75, 3.05) is 18.4 Å². The average Bonchev–Trinajstić information content (AvgIpc) is 2.81. The molecular weight excluding hydrogens is 296 g/mol. The van der Waals surface area contributed by atoms with Crippen molar-refractivity contribution in [1.82, 2.24) is 5.32 Å². The largest absolute Gasteiger partial charge is 0.393 e. The predicted octanol–water partition coefficient (Wildman–Crippen LogP) is 4.08. The van der Waals surface area contributed by atoms with Gasteiger partial charge in [-0.15, -0.1) is 0 Å². The number of fused-ring (bicyclic) bond motifs is 1. The Morgan fingerprint density at radius 3 is 2.67 bits per heavy atom. The van der Waals surface area contributed by atoms with Gasteiger partial charge in [-0.05, 0) is 49.3 Å². The lowest BCUT2D eigenvalue weighted by Crippen LogP contribution is -2.28. The van der Waals surface area contributed by atoms with Gasteiger partial charge >= 0.3 is 0 Å². The normalized spacial score (nSPS) is 19.7. The summed E-state index contributed by atoms with van der Waals surface area (Å²) < 4.78 is 0. The first-order valence-corrected chi connectivity index (χ1v) is 9.03. The molecule has 3 N–H and O–H groups in total. The van der Waals surface area contributed by atoms with E-state index in [1.807, 2.05) is 13.0 Å². The fraction of sp³-hybridized carbons (Fsp3) is 0.429. The van der Waals surface area contributed by atoms with Gasteiger partial charge in [0.15, 0.2) is 0 Å². The van der Waals surface area contributed by atoms with Gasteiger partial charge < -0.3 is 15.7 Å². The second-order valence-corrected chi connectivity index (χ2v) is 6.81. The molecule has 0 amide bonds. The summed E-state index contributed by atoms with van der Waals surface area (Å²) in [4.78, 5) is 0. The molecule has 24 heavy (non-hydrogen) atoms. The molecular formula is C21H28N2O. The van der Waals surface area contributed by atoms with Crippen LogP contribution in [0, 0.1) is 0 Å². The first-order valence-electron chi connectivity index (χ1n) is 9.03. The lowest BCUT2D eigenvalue weighted by atomic mass is 9.92. The number of aliphatic hydroxyl groups excluding tert-OH is 1. The van der Waals surface area contributed by atoms with Gasteiger partial charge in [0.2, 0.25) is 0 Å². The molecule has 3 nitrogen and oxygen atoms in total. The van der Waals surface area contributed by atoms with E-state index in [0.717, 1.165) is 25.9 Å². The quantitative estimate of drug-likeness (QED) is 0.750. The highest BCUT2D eigenvalue weighted by Crippen LogP contribution is 2.30. The van der Waals surface area contributed by atoms with Crippen molar-refractivity contribution < 1.29 is 5.11 Å². The molecule has 0 unspecified atom stereocenters. The second-order valence-electron chi connectivity index (χ2n) is 6.81. The van der Waals surface area contributed by atoms with Crippen molar-refractivity contribution >= 4 is 5.69 Å². The van der Waals surface area contributed by atoms with Crippen LogP contribution in [0.3, 0.4) is 0 Å². The van der Waals surface area contributed by atoms with Gasteiger partial charge in [0.25, 0.3) is 0 Å². The van der Waals surface area contributed by atoms with E-state index in [1.54, 1.807) is 0 Å². The van der Waals surface area contributed by atoms with E-state index in [-0.39, 0.29) is 6.10 Å². The molecule has 2 aromatic rings. The summed E-state index contributed by atoms with van der Waals surface area (Å²) in [5, 5.41) is 17.2. The minimum Gasteiger partial charge on any atom is -0.393 e. The second kappa shape index (κ2) is 8.32. The van der Waals surface area contributed by atoms with Gasteiger partial charge in [0.05, 0.1) is 6.10 Å². The Hall–Kier alpha value is -1.84. The van der Waals surface area contributed by atoms with Crippen molar-refractivity contribution in [1.29, 1.82) is 0 Å². The van der Waals surface area contributed by atoms with E-state index < -0.39 is 0 Å². The number of nitrogens with one attached hydrogen (secondary N) is 2. The lowest BCUT2D eigenvalue weighted by molar-refractivity contribution is 0.172. The third-order valence-electron chi connectivity index (χ3n) is 4.83. The highest BCUT2D eigenvalue weighted by Gasteiger charge is 2.20. The Kier molecular flexibility index (Phi) is 5.89. The van der Waals surface area contributed by atoms with Gasteiger partial charge in [-0.2, -0.15) is 0 Å². The Morgan fingerprint density at radius 1 is 1.12 bits per heavy atom. The molecule has 1 heterocycles. The van der Waals surface area contributed by atoms with Crippen molar-refractivity contribution in [3.05, 3.63) is 65.7 Å². The summed E-state index contributed by atoms with van der Waals surface area (Å²) in [5.41, 5.74) is 3.91. The molecule has 0 aliphatic carbocycles. The number of hydrogen-bond acceptors (Lipinski definition) is 3. The van der Waals surface area contributed by atoms with Crippen LogP contribution in [0.4, 0.5) is 5.69 Å². The predicted molar refractivity (Wildman–Crippen MR) is 100 cm³/mol. The van der Waals surface area contributed by atoms with E-state index in [1.165, 1.54) is 23.2 Å². The third-order valence-corrected chi connectivity index (χ3v) is 4.83. The van der Waals surface area contributed by atoms with E-state index in [2.05, 4.69) is 59.2 Å². The highest BCUT2D eigenvalue weighted by atomic mass is 16.3. The molecule has 128 valence electrons. The zero-order valence-corrected chi connectivity index (χ0v) is 14.4. The lowest BCUT2D eigenvalue weighted by Gasteiger charge is -2.24. The van der Waals surface area contributed by atoms with Crippen molar-refractivity contribution in [2.24, 2.45) is 0 Å². The van der Waals surface area contributed by atoms with Crippen molar-refractivity contribution in [3.63, 3.8) is 0 Å². The fourth-order valence-electron chi connectivity index (χ4n) is 3.62. The van der Waals surface area contributed by atoms with Crippen LogP contribution in [0.5, 0.6) is 0 Å². The summed E-state index contributed by atoms with van der Waals surface area (Å²) in [5.74, 6) is 0.328. The van der Waals surface area contributed by atoms with Crippen LogP contribution in [0.2, 0.25) is 0 Å². The van der Waals surface area contributed by atoms with Gasteiger partial charge in [0.1, 0.15) is 0 Å². The Bertz CT molecular complexity index is 627.